The fourth-order valence-electron chi connectivity index (χ4n) is 1.34. The van der Waals surface area contributed by atoms with Crippen molar-refractivity contribution in [1.29, 1.82) is 0 Å². The van der Waals surface area contributed by atoms with E-state index in [1.54, 1.807) is 4.74 Å². The molecule has 0 aromatic rings. The van der Waals surface area contributed by atoms with Crippen molar-refractivity contribution in [3.63, 3.8) is 0 Å². The van der Waals surface area contributed by atoms with Crippen molar-refractivity contribution in [2.45, 2.75) is 48.4 Å². The lowest BCUT2D eigenvalue weighted by Gasteiger charge is -2.40. The number of hydrogen-bond donors (Lipinski definition) is 0. The molecule has 1 unspecified atom stereocenters. The SMILES string of the molecule is COC(F)(F)C(F)OC(F)(F)C(F)(F)C(F)(F)C(F)(F)C(F)(F)C(F)(F)OC(F)=C(F)F. The summed E-state index contributed by atoms with van der Waals surface area (Å²) < 4.78 is 238. The minimum atomic E-state index is -8.48. The average molecular weight is 526 g/mol. The van der Waals surface area contributed by atoms with Crippen molar-refractivity contribution < 1.29 is 93.2 Å². The first-order valence-corrected chi connectivity index (χ1v) is 6.68. The zero-order chi connectivity index (χ0) is 26.4. The van der Waals surface area contributed by atoms with Gasteiger partial charge in [0.15, 0.2) is 0 Å². The van der Waals surface area contributed by atoms with Crippen LogP contribution in [0.15, 0.2) is 12.1 Å². The fraction of sp³-hybridized carbons (Fsp3) is 0.818. The Balaban J connectivity index is 6.39. The molecule has 0 aromatic carbocycles. The number of halogens is 18. The van der Waals surface area contributed by atoms with Crippen LogP contribution in [0, 0.1) is 0 Å². The summed E-state index contributed by atoms with van der Waals surface area (Å²) in [6.07, 6.45) is -30.0. The van der Waals surface area contributed by atoms with Gasteiger partial charge in [0.2, 0.25) is 0 Å². The van der Waals surface area contributed by atoms with E-state index < -0.39 is 60.5 Å². The summed E-state index contributed by atoms with van der Waals surface area (Å²) in [5.41, 5.74) is 0. The summed E-state index contributed by atoms with van der Waals surface area (Å²) >= 11 is 0. The summed E-state index contributed by atoms with van der Waals surface area (Å²) in [5.74, 6) is -33.4. The van der Waals surface area contributed by atoms with E-state index in [1.165, 1.54) is 0 Å². The maximum Gasteiger partial charge on any atom is 0.472 e. The van der Waals surface area contributed by atoms with Gasteiger partial charge in [0.05, 0.1) is 0 Å². The molecule has 0 N–H and O–H groups in total. The van der Waals surface area contributed by atoms with E-state index in [-0.39, 0.29) is 7.11 Å². The molecule has 0 aliphatic carbocycles. The Kier molecular flexibility index (Phi) is 8.04. The zero-order valence-electron chi connectivity index (χ0n) is 14.1. The molecule has 0 radical (unpaired) electrons. The van der Waals surface area contributed by atoms with Gasteiger partial charge < -0.3 is 9.47 Å². The molecule has 0 saturated carbocycles. The van der Waals surface area contributed by atoms with Crippen molar-refractivity contribution in [3.8, 4) is 0 Å². The summed E-state index contributed by atoms with van der Waals surface area (Å²) in [7, 11) is -0.203. The topological polar surface area (TPSA) is 27.7 Å². The van der Waals surface area contributed by atoms with Crippen LogP contribution in [0.5, 0.6) is 0 Å². The number of rotatable bonds is 11. The smallest absolute Gasteiger partial charge is 0.397 e. The molecular weight excluding hydrogens is 522 g/mol. The maximum atomic E-state index is 13.3. The number of ether oxygens (including phenoxy) is 3. The summed E-state index contributed by atoms with van der Waals surface area (Å²) in [6, 6.07) is -4.10. The Labute approximate surface area is 162 Å². The molecule has 0 bridgehead atoms. The van der Waals surface area contributed by atoms with Crippen molar-refractivity contribution >= 4 is 0 Å². The third-order valence-corrected chi connectivity index (χ3v) is 3.07. The molecule has 21 heteroatoms. The highest BCUT2D eigenvalue weighted by molar-refractivity contribution is 5.09. The molecule has 3 nitrogen and oxygen atoms in total. The molecule has 0 rings (SSSR count). The van der Waals surface area contributed by atoms with Crippen LogP contribution < -0.4 is 0 Å². The van der Waals surface area contributed by atoms with E-state index in [4.69, 9.17) is 0 Å². The van der Waals surface area contributed by atoms with E-state index in [1.807, 2.05) is 4.74 Å². The number of alkyl halides is 15. The third kappa shape index (κ3) is 4.76. The second kappa shape index (κ2) is 8.52. The van der Waals surface area contributed by atoms with Gasteiger partial charge in [0.1, 0.15) is 0 Å². The van der Waals surface area contributed by atoms with E-state index in [0.29, 0.717) is 0 Å². The highest BCUT2D eigenvalue weighted by Crippen LogP contribution is 2.60. The molecule has 0 spiro atoms. The van der Waals surface area contributed by atoms with Gasteiger partial charge in [0, 0.05) is 7.11 Å². The predicted octanol–water partition coefficient (Wildman–Crippen LogP) is 6.32. The normalized spacial score (nSPS) is 16.1. The van der Waals surface area contributed by atoms with Crippen LogP contribution in [0.3, 0.4) is 0 Å². The molecule has 32 heavy (non-hydrogen) atoms. The van der Waals surface area contributed by atoms with Gasteiger partial charge in [-0.25, -0.2) is 4.39 Å². The van der Waals surface area contributed by atoms with Crippen LogP contribution in [-0.4, -0.2) is 55.5 Å². The Bertz CT molecular complexity index is 696. The van der Waals surface area contributed by atoms with Crippen LogP contribution in [0.4, 0.5) is 79.0 Å². The Morgan fingerprint density at radius 2 is 0.938 bits per heavy atom. The lowest BCUT2D eigenvalue weighted by atomic mass is 9.97. The van der Waals surface area contributed by atoms with Crippen molar-refractivity contribution in [2.24, 2.45) is 0 Å². The van der Waals surface area contributed by atoms with E-state index in [2.05, 4.69) is 4.74 Å². The molecular formula is C11H4F18O3. The van der Waals surface area contributed by atoms with Gasteiger partial charge in [-0.3, -0.25) is 4.74 Å². The van der Waals surface area contributed by atoms with Crippen LogP contribution >= 0.6 is 0 Å². The van der Waals surface area contributed by atoms with Gasteiger partial charge in [0.25, 0.3) is 6.36 Å². The first kappa shape index (κ1) is 30.2. The zero-order valence-corrected chi connectivity index (χ0v) is 14.1. The number of hydrogen-bond acceptors (Lipinski definition) is 3. The monoisotopic (exact) mass is 526 g/mol. The minimum absolute atomic E-state index is 0.203. The first-order chi connectivity index (χ1) is 13.8. The lowest BCUT2D eigenvalue weighted by molar-refractivity contribution is -0.490. The van der Waals surface area contributed by atoms with Gasteiger partial charge >= 0.3 is 54.1 Å². The van der Waals surface area contributed by atoms with Crippen LogP contribution in [0.25, 0.3) is 0 Å². The average Bonchev–Trinajstić information content (AvgIpc) is 2.59. The molecule has 0 aromatic heterocycles. The first-order valence-electron chi connectivity index (χ1n) is 6.68. The van der Waals surface area contributed by atoms with Gasteiger partial charge in [-0.1, -0.05) is 0 Å². The molecule has 0 aliphatic heterocycles. The molecule has 192 valence electrons. The summed E-state index contributed by atoms with van der Waals surface area (Å²) in [5, 5.41) is 0. The fourth-order valence-corrected chi connectivity index (χ4v) is 1.34. The second-order valence-corrected chi connectivity index (χ2v) is 5.17. The van der Waals surface area contributed by atoms with Crippen LogP contribution in [0.1, 0.15) is 0 Å². The molecule has 0 heterocycles. The molecule has 0 saturated heterocycles. The van der Waals surface area contributed by atoms with Crippen molar-refractivity contribution in [3.05, 3.63) is 12.1 Å². The molecule has 0 aliphatic rings. The molecule has 0 amide bonds. The van der Waals surface area contributed by atoms with Gasteiger partial charge in [-0.2, -0.15) is 74.6 Å². The van der Waals surface area contributed by atoms with Crippen LogP contribution in [0.2, 0.25) is 0 Å². The van der Waals surface area contributed by atoms with E-state index >= 15 is 0 Å². The number of methoxy groups -OCH3 is 1. The Hall–Kier alpha value is -1.80. The van der Waals surface area contributed by atoms with Crippen LogP contribution in [-0.2, 0) is 14.2 Å². The van der Waals surface area contributed by atoms with Crippen molar-refractivity contribution in [1.82, 2.24) is 0 Å². The Morgan fingerprint density at radius 1 is 0.594 bits per heavy atom. The highest BCUT2D eigenvalue weighted by atomic mass is 19.4. The maximum absolute atomic E-state index is 13.3. The summed E-state index contributed by atoms with van der Waals surface area (Å²) in [6.45, 7) is 0. The third-order valence-electron chi connectivity index (χ3n) is 3.07. The quantitative estimate of drug-likeness (QED) is 0.233. The molecule has 0 fully saturated rings. The molecule has 1 atom stereocenters. The van der Waals surface area contributed by atoms with E-state index in [0.717, 1.165) is 0 Å². The highest BCUT2D eigenvalue weighted by Gasteiger charge is 2.92. The standard InChI is InChI=1S/C11H4F18O3/c1-30-5(16,17)4(15)32-11(28,29)9(24,25)7(20,21)6(18,19)8(22,23)10(26,27)31-3(14)2(12)13/h4H,1H3. The minimum Gasteiger partial charge on any atom is -0.397 e. The lowest BCUT2D eigenvalue weighted by Crippen LogP contribution is -2.71. The summed E-state index contributed by atoms with van der Waals surface area (Å²) in [4.78, 5) is 0. The predicted molar refractivity (Wildman–Crippen MR) is 59.1 cm³/mol. The van der Waals surface area contributed by atoms with Crippen molar-refractivity contribution in [2.75, 3.05) is 7.11 Å². The van der Waals surface area contributed by atoms with E-state index in [9.17, 15) is 79.0 Å². The second-order valence-electron chi connectivity index (χ2n) is 5.17. The Morgan fingerprint density at radius 3 is 1.25 bits per heavy atom. The van der Waals surface area contributed by atoms with Gasteiger partial charge in [-0.15, -0.1) is 0 Å². The largest absolute Gasteiger partial charge is 0.472 e. The van der Waals surface area contributed by atoms with Gasteiger partial charge in [-0.05, 0) is 0 Å².